The minimum Gasteiger partial charge on any atom is -0.312 e. The first-order valence-electron chi connectivity index (χ1n) is 5.84. The van der Waals surface area contributed by atoms with Gasteiger partial charge in [-0.25, -0.2) is 4.99 Å². The first-order valence-corrected chi connectivity index (χ1v) is 7.07. The molecule has 0 unspecified atom stereocenters. The number of hydrogen-bond acceptors (Lipinski definition) is 4. The topological polar surface area (TPSA) is 68.5 Å². The Balaban J connectivity index is 2.29. The van der Waals surface area contributed by atoms with Crippen molar-refractivity contribution in [3.05, 3.63) is 23.8 Å². The van der Waals surface area contributed by atoms with Gasteiger partial charge in [-0.05, 0) is 36.4 Å². The van der Waals surface area contributed by atoms with Crippen LogP contribution in [0.4, 0.5) is 11.4 Å². The van der Waals surface area contributed by atoms with Gasteiger partial charge in [-0.1, -0.05) is 11.8 Å². The fourth-order valence-electron chi connectivity index (χ4n) is 2.07. The summed E-state index contributed by atoms with van der Waals surface area (Å²) in [5.41, 5.74) is 2.87. The molecule has 0 bridgehead atoms. The molecule has 5 nitrogen and oxygen atoms in total. The third-order valence-electron chi connectivity index (χ3n) is 2.93. The number of benzene rings is 1. The van der Waals surface area contributed by atoms with Crippen molar-refractivity contribution in [3.8, 4) is 6.19 Å². The Morgan fingerprint density at radius 2 is 2.37 bits per heavy atom. The average molecular weight is 274 g/mol. The lowest BCUT2D eigenvalue weighted by molar-refractivity contribution is -0.116. The highest BCUT2D eigenvalue weighted by atomic mass is 32.2. The van der Waals surface area contributed by atoms with Crippen LogP contribution in [0.2, 0.25) is 0 Å². The van der Waals surface area contributed by atoms with Crippen LogP contribution < -0.4 is 10.2 Å². The van der Waals surface area contributed by atoms with Crippen LogP contribution in [0, 0.1) is 11.5 Å². The van der Waals surface area contributed by atoms with Gasteiger partial charge in [0, 0.05) is 19.2 Å². The smallest absolute Gasteiger partial charge is 0.223 e. The Labute approximate surface area is 116 Å². The fraction of sp³-hybridized carbons (Fsp3) is 0.308. The molecule has 1 amide bonds. The molecule has 1 aromatic carbocycles. The van der Waals surface area contributed by atoms with E-state index in [1.54, 1.807) is 11.8 Å². The summed E-state index contributed by atoms with van der Waals surface area (Å²) >= 11 is 1.38. The maximum absolute atomic E-state index is 11.5. The number of hydrogen-bond donors (Lipinski definition) is 1. The third kappa shape index (κ3) is 2.88. The number of amidine groups is 1. The Morgan fingerprint density at radius 1 is 1.58 bits per heavy atom. The predicted octanol–water partition coefficient (Wildman–Crippen LogP) is 2.02. The lowest BCUT2D eigenvalue weighted by Gasteiger charge is -2.14. The van der Waals surface area contributed by atoms with Gasteiger partial charge < -0.3 is 4.90 Å². The Morgan fingerprint density at radius 3 is 3.00 bits per heavy atom. The first kappa shape index (κ1) is 13.4. The average Bonchev–Trinajstić information content (AvgIpc) is 2.81. The zero-order valence-electron chi connectivity index (χ0n) is 10.8. The van der Waals surface area contributed by atoms with Gasteiger partial charge in [0.25, 0.3) is 0 Å². The van der Waals surface area contributed by atoms with Crippen molar-refractivity contribution in [1.82, 2.24) is 5.32 Å². The van der Waals surface area contributed by atoms with Crippen LogP contribution in [0.15, 0.2) is 23.2 Å². The summed E-state index contributed by atoms with van der Waals surface area (Å²) in [7, 11) is 0. The number of nitriles is 1. The lowest BCUT2D eigenvalue weighted by atomic mass is 10.1. The van der Waals surface area contributed by atoms with Crippen molar-refractivity contribution in [2.75, 3.05) is 17.7 Å². The number of amides is 1. The second-order valence-electron chi connectivity index (χ2n) is 4.09. The van der Waals surface area contributed by atoms with Gasteiger partial charge in [-0.3, -0.25) is 10.1 Å². The largest absolute Gasteiger partial charge is 0.312 e. The normalized spacial score (nSPS) is 13.9. The van der Waals surface area contributed by atoms with Crippen LogP contribution in [-0.2, 0) is 11.2 Å². The Bertz CT molecular complexity index is 576. The molecule has 0 aromatic heterocycles. The third-order valence-corrected chi connectivity index (χ3v) is 3.51. The molecule has 2 rings (SSSR count). The molecule has 6 heteroatoms. The number of rotatable bonds is 1. The van der Waals surface area contributed by atoms with Crippen molar-refractivity contribution < 1.29 is 4.79 Å². The van der Waals surface area contributed by atoms with Gasteiger partial charge in [0.1, 0.15) is 0 Å². The molecular weight excluding hydrogens is 260 g/mol. The molecule has 0 saturated heterocycles. The number of fused-ring (bicyclic) bond motifs is 1. The summed E-state index contributed by atoms with van der Waals surface area (Å²) in [6.45, 7) is 2.30. The van der Waals surface area contributed by atoms with E-state index in [1.165, 1.54) is 11.8 Å². The van der Waals surface area contributed by atoms with Gasteiger partial charge in [-0.15, -0.1) is 0 Å². The van der Waals surface area contributed by atoms with Crippen LogP contribution >= 0.6 is 11.8 Å². The number of aliphatic imine (C=N–C) groups is 1. The van der Waals surface area contributed by atoms with Gasteiger partial charge in [0.05, 0.1) is 5.69 Å². The molecule has 0 spiro atoms. The maximum atomic E-state index is 11.5. The Kier molecular flexibility index (Phi) is 4.07. The highest BCUT2D eigenvalue weighted by molar-refractivity contribution is 8.13. The molecule has 0 aliphatic carbocycles. The van der Waals surface area contributed by atoms with E-state index >= 15 is 0 Å². The molecular formula is C13H14N4OS. The molecule has 0 saturated carbocycles. The van der Waals surface area contributed by atoms with Crippen LogP contribution in [-0.4, -0.2) is 23.9 Å². The molecule has 1 N–H and O–H groups in total. The van der Waals surface area contributed by atoms with Crippen LogP contribution in [0.25, 0.3) is 0 Å². The standard InChI is InChI=1S/C13H14N4OS/c1-9(18)17-6-5-10-7-11(3-4-12(10)17)16-13(19-2)15-8-14/h3-4,7H,5-6H2,1-2H3,(H,15,16). The van der Waals surface area contributed by atoms with Crippen LogP contribution in [0.1, 0.15) is 12.5 Å². The highest BCUT2D eigenvalue weighted by Crippen LogP contribution is 2.31. The molecule has 1 aliphatic heterocycles. The van der Waals surface area contributed by atoms with E-state index in [4.69, 9.17) is 5.26 Å². The van der Waals surface area contributed by atoms with E-state index < -0.39 is 0 Å². The van der Waals surface area contributed by atoms with E-state index in [0.29, 0.717) is 5.17 Å². The fourth-order valence-corrected chi connectivity index (χ4v) is 2.42. The van der Waals surface area contributed by atoms with Gasteiger partial charge in [0.15, 0.2) is 11.4 Å². The van der Waals surface area contributed by atoms with Crippen molar-refractivity contribution >= 4 is 34.2 Å². The van der Waals surface area contributed by atoms with Crippen LogP contribution in [0.3, 0.4) is 0 Å². The van der Waals surface area contributed by atoms with Gasteiger partial charge in [0.2, 0.25) is 5.91 Å². The Hall–Kier alpha value is -2.00. The molecule has 1 aromatic rings. The van der Waals surface area contributed by atoms with Gasteiger partial charge >= 0.3 is 0 Å². The summed E-state index contributed by atoms with van der Waals surface area (Å²) in [6, 6.07) is 5.73. The van der Waals surface area contributed by atoms with Crippen molar-refractivity contribution in [1.29, 1.82) is 5.26 Å². The summed E-state index contributed by atoms with van der Waals surface area (Å²) in [5, 5.41) is 11.7. The van der Waals surface area contributed by atoms with E-state index in [-0.39, 0.29) is 5.91 Å². The minimum atomic E-state index is 0.0611. The highest BCUT2D eigenvalue weighted by Gasteiger charge is 2.21. The maximum Gasteiger partial charge on any atom is 0.223 e. The number of nitrogens with zero attached hydrogens (tertiary/aromatic N) is 3. The molecule has 1 heterocycles. The quantitative estimate of drug-likeness (QED) is 0.368. The number of carbonyl (C=O) groups is 1. The zero-order chi connectivity index (χ0) is 13.8. The van der Waals surface area contributed by atoms with E-state index in [0.717, 1.165) is 29.9 Å². The summed E-state index contributed by atoms with van der Waals surface area (Å²) in [5.74, 6) is 0.0611. The SMILES string of the molecule is CSC(=Nc1ccc2c(c1)CCN2C(C)=O)NC#N. The molecule has 98 valence electrons. The summed E-state index contributed by atoms with van der Waals surface area (Å²) < 4.78 is 0. The molecule has 0 radical (unpaired) electrons. The second kappa shape index (κ2) is 5.76. The number of anilines is 1. The lowest BCUT2D eigenvalue weighted by Crippen LogP contribution is -2.25. The van der Waals surface area contributed by atoms with Crippen molar-refractivity contribution in [2.45, 2.75) is 13.3 Å². The van der Waals surface area contributed by atoms with E-state index in [1.807, 2.05) is 30.6 Å². The van der Waals surface area contributed by atoms with Crippen molar-refractivity contribution in [3.63, 3.8) is 0 Å². The zero-order valence-corrected chi connectivity index (χ0v) is 11.6. The number of nitrogens with one attached hydrogen (secondary N) is 1. The predicted molar refractivity (Wildman–Crippen MR) is 77.5 cm³/mol. The van der Waals surface area contributed by atoms with E-state index in [9.17, 15) is 4.79 Å². The summed E-state index contributed by atoms with van der Waals surface area (Å²) in [6.07, 6.45) is 4.56. The van der Waals surface area contributed by atoms with Crippen LogP contribution in [0.5, 0.6) is 0 Å². The van der Waals surface area contributed by atoms with E-state index in [2.05, 4.69) is 10.3 Å². The van der Waals surface area contributed by atoms with Gasteiger partial charge in [-0.2, -0.15) is 5.26 Å². The number of carbonyl (C=O) groups excluding carboxylic acids is 1. The first-order chi connectivity index (χ1) is 9.15. The minimum absolute atomic E-state index is 0.0611. The molecule has 0 atom stereocenters. The molecule has 0 fully saturated rings. The number of thioether (sulfide) groups is 1. The molecule has 1 aliphatic rings. The monoisotopic (exact) mass is 274 g/mol. The summed E-state index contributed by atoms with van der Waals surface area (Å²) in [4.78, 5) is 17.6. The molecule has 19 heavy (non-hydrogen) atoms. The second-order valence-corrected chi connectivity index (χ2v) is 4.89. The van der Waals surface area contributed by atoms with Crippen molar-refractivity contribution in [2.24, 2.45) is 4.99 Å².